The van der Waals surface area contributed by atoms with Crippen LogP contribution in [0.1, 0.15) is 29.3 Å². The van der Waals surface area contributed by atoms with Gasteiger partial charge in [0, 0.05) is 16.8 Å². The standard InChI is InChI=1S/C11H14N4S2/c1-6-8(5-12)10(13)15-11(14-6)9-7(2)16-3-4-17-9/h7,9H,3-4H2,1-2H3,(H2,13,14,15). The number of nitriles is 1. The third-order valence-electron chi connectivity index (χ3n) is 2.69. The number of aromatic nitrogens is 2. The molecule has 90 valence electrons. The Balaban J connectivity index is 2.37. The van der Waals surface area contributed by atoms with Gasteiger partial charge in [-0.3, -0.25) is 0 Å². The molecule has 0 amide bonds. The number of hydrogen-bond acceptors (Lipinski definition) is 6. The van der Waals surface area contributed by atoms with Crippen molar-refractivity contribution in [2.75, 3.05) is 17.2 Å². The summed E-state index contributed by atoms with van der Waals surface area (Å²) in [5.41, 5.74) is 6.87. The smallest absolute Gasteiger partial charge is 0.145 e. The van der Waals surface area contributed by atoms with E-state index in [0.717, 1.165) is 11.6 Å². The summed E-state index contributed by atoms with van der Waals surface area (Å²) >= 11 is 3.81. The SMILES string of the molecule is Cc1nc(C2SCCSC2C)nc(N)c1C#N. The molecule has 0 radical (unpaired) electrons. The highest BCUT2D eigenvalue weighted by Crippen LogP contribution is 2.41. The number of thioether (sulfide) groups is 2. The lowest BCUT2D eigenvalue weighted by Crippen LogP contribution is -2.19. The molecule has 0 bridgehead atoms. The Bertz CT molecular complexity index is 446. The fourth-order valence-electron chi connectivity index (χ4n) is 1.80. The summed E-state index contributed by atoms with van der Waals surface area (Å²) in [6, 6.07) is 2.04. The number of anilines is 1. The molecular formula is C11H14N4S2. The second-order valence-corrected chi connectivity index (χ2v) is 6.64. The van der Waals surface area contributed by atoms with Gasteiger partial charge < -0.3 is 5.73 Å². The molecule has 2 rings (SSSR count). The maximum absolute atomic E-state index is 8.93. The number of hydrogen-bond donors (Lipinski definition) is 1. The average Bonchev–Trinajstić information content (AvgIpc) is 2.29. The minimum Gasteiger partial charge on any atom is -0.382 e. The van der Waals surface area contributed by atoms with Gasteiger partial charge >= 0.3 is 0 Å². The van der Waals surface area contributed by atoms with Crippen LogP contribution in [0.25, 0.3) is 0 Å². The van der Waals surface area contributed by atoms with Crippen LogP contribution >= 0.6 is 23.5 Å². The van der Waals surface area contributed by atoms with E-state index in [9.17, 15) is 0 Å². The first-order valence-corrected chi connectivity index (χ1v) is 7.50. The Kier molecular flexibility index (Phi) is 3.79. The molecule has 1 saturated heterocycles. The molecule has 0 aromatic carbocycles. The van der Waals surface area contributed by atoms with Crippen LogP contribution in [0.15, 0.2) is 0 Å². The van der Waals surface area contributed by atoms with E-state index < -0.39 is 0 Å². The molecule has 1 aliphatic rings. The lowest BCUT2D eigenvalue weighted by atomic mass is 10.2. The number of nitrogen functional groups attached to an aromatic ring is 1. The molecule has 6 heteroatoms. The summed E-state index contributed by atoms with van der Waals surface area (Å²) in [5.74, 6) is 3.36. The molecule has 0 saturated carbocycles. The summed E-state index contributed by atoms with van der Waals surface area (Å²) in [6.07, 6.45) is 0. The molecule has 4 nitrogen and oxygen atoms in total. The van der Waals surface area contributed by atoms with Gasteiger partial charge in [0.1, 0.15) is 23.3 Å². The maximum atomic E-state index is 8.93. The van der Waals surface area contributed by atoms with Gasteiger partial charge in [0.25, 0.3) is 0 Å². The van der Waals surface area contributed by atoms with Gasteiger partial charge in [-0.1, -0.05) is 6.92 Å². The van der Waals surface area contributed by atoms with E-state index in [0.29, 0.717) is 22.3 Å². The predicted molar refractivity (Wildman–Crippen MR) is 73.0 cm³/mol. The molecule has 2 unspecified atom stereocenters. The van der Waals surface area contributed by atoms with E-state index in [1.165, 1.54) is 5.75 Å². The van der Waals surface area contributed by atoms with Crippen molar-refractivity contribution in [2.24, 2.45) is 0 Å². The zero-order chi connectivity index (χ0) is 12.4. The Morgan fingerprint density at radius 2 is 2.06 bits per heavy atom. The summed E-state index contributed by atoms with van der Waals surface area (Å²) < 4.78 is 0. The Morgan fingerprint density at radius 3 is 2.65 bits per heavy atom. The Hall–Kier alpha value is -0.930. The summed E-state index contributed by atoms with van der Waals surface area (Å²) in [5, 5.41) is 9.70. The zero-order valence-corrected chi connectivity index (χ0v) is 11.4. The maximum Gasteiger partial charge on any atom is 0.145 e. The van der Waals surface area contributed by atoms with Crippen LogP contribution in [-0.4, -0.2) is 26.7 Å². The van der Waals surface area contributed by atoms with Gasteiger partial charge in [-0.05, 0) is 6.92 Å². The van der Waals surface area contributed by atoms with Crippen molar-refractivity contribution >= 4 is 29.3 Å². The van der Waals surface area contributed by atoms with Crippen LogP contribution in [0.3, 0.4) is 0 Å². The van der Waals surface area contributed by atoms with Gasteiger partial charge in [-0.15, -0.1) is 11.8 Å². The molecule has 0 aliphatic carbocycles. The molecule has 2 N–H and O–H groups in total. The molecule has 1 fully saturated rings. The number of rotatable bonds is 1. The zero-order valence-electron chi connectivity index (χ0n) is 9.80. The fraction of sp³-hybridized carbons (Fsp3) is 0.545. The predicted octanol–water partition coefficient (Wildman–Crippen LogP) is 2.15. The van der Waals surface area contributed by atoms with Crippen LogP contribution < -0.4 is 5.73 Å². The van der Waals surface area contributed by atoms with Crippen molar-refractivity contribution in [3.63, 3.8) is 0 Å². The first kappa shape index (κ1) is 12.5. The van der Waals surface area contributed by atoms with Crippen molar-refractivity contribution in [1.82, 2.24) is 9.97 Å². The molecule has 2 atom stereocenters. The second-order valence-electron chi connectivity index (χ2n) is 3.91. The molecule has 1 aromatic rings. The molecule has 1 aromatic heterocycles. The number of nitrogens with two attached hydrogens (primary N) is 1. The van der Waals surface area contributed by atoms with Gasteiger partial charge in [0.05, 0.1) is 10.9 Å². The quantitative estimate of drug-likeness (QED) is 0.839. The van der Waals surface area contributed by atoms with Gasteiger partial charge in [-0.2, -0.15) is 17.0 Å². The summed E-state index contributed by atoms with van der Waals surface area (Å²) in [6.45, 7) is 4.00. The lowest BCUT2D eigenvalue weighted by Gasteiger charge is -2.26. The fourth-order valence-corrected chi connectivity index (χ4v) is 4.49. The first-order chi connectivity index (χ1) is 8.13. The third kappa shape index (κ3) is 2.50. The topological polar surface area (TPSA) is 75.6 Å². The minimum absolute atomic E-state index is 0.280. The number of nitrogens with zero attached hydrogens (tertiary/aromatic N) is 3. The van der Waals surface area contributed by atoms with E-state index in [4.69, 9.17) is 11.0 Å². The lowest BCUT2D eigenvalue weighted by molar-refractivity contribution is 0.815. The van der Waals surface area contributed by atoms with E-state index in [1.807, 2.05) is 36.5 Å². The minimum atomic E-state index is 0.280. The average molecular weight is 266 g/mol. The largest absolute Gasteiger partial charge is 0.382 e. The molecule has 0 spiro atoms. The van der Waals surface area contributed by atoms with Gasteiger partial charge in [0.2, 0.25) is 0 Å². The highest BCUT2D eigenvalue weighted by Gasteiger charge is 2.27. The third-order valence-corrected chi connectivity index (χ3v) is 5.78. The molecule has 2 heterocycles. The Morgan fingerprint density at radius 1 is 1.35 bits per heavy atom. The monoisotopic (exact) mass is 266 g/mol. The number of aryl methyl sites for hydroxylation is 1. The van der Waals surface area contributed by atoms with Crippen LogP contribution in [0.4, 0.5) is 5.82 Å². The van der Waals surface area contributed by atoms with Crippen molar-refractivity contribution < 1.29 is 0 Å². The van der Waals surface area contributed by atoms with Crippen LogP contribution in [-0.2, 0) is 0 Å². The summed E-state index contributed by atoms with van der Waals surface area (Å²) in [4.78, 5) is 8.72. The molecule has 1 aliphatic heterocycles. The van der Waals surface area contributed by atoms with Crippen molar-refractivity contribution in [2.45, 2.75) is 24.3 Å². The van der Waals surface area contributed by atoms with Crippen LogP contribution in [0.5, 0.6) is 0 Å². The highest BCUT2D eigenvalue weighted by atomic mass is 32.2. The van der Waals surface area contributed by atoms with Crippen molar-refractivity contribution in [3.8, 4) is 6.07 Å². The van der Waals surface area contributed by atoms with E-state index in [2.05, 4.69) is 16.9 Å². The van der Waals surface area contributed by atoms with Gasteiger partial charge in [0.15, 0.2) is 0 Å². The van der Waals surface area contributed by atoms with Crippen molar-refractivity contribution in [3.05, 3.63) is 17.1 Å². The van der Waals surface area contributed by atoms with Crippen LogP contribution in [0, 0.1) is 18.3 Å². The van der Waals surface area contributed by atoms with E-state index >= 15 is 0 Å². The first-order valence-electron chi connectivity index (χ1n) is 5.40. The molecule has 17 heavy (non-hydrogen) atoms. The Labute approximate surface area is 109 Å². The van der Waals surface area contributed by atoms with Crippen LogP contribution in [0.2, 0.25) is 0 Å². The van der Waals surface area contributed by atoms with E-state index in [1.54, 1.807) is 0 Å². The van der Waals surface area contributed by atoms with Gasteiger partial charge in [-0.25, -0.2) is 9.97 Å². The van der Waals surface area contributed by atoms with Crippen molar-refractivity contribution in [1.29, 1.82) is 5.26 Å². The molecular weight excluding hydrogens is 252 g/mol. The second kappa shape index (κ2) is 5.15. The normalized spacial score (nSPS) is 24.3. The highest BCUT2D eigenvalue weighted by molar-refractivity contribution is 8.06. The summed E-state index contributed by atoms with van der Waals surface area (Å²) in [7, 11) is 0. The van der Waals surface area contributed by atoms with E-state index in [-0.39, 0.29) is 5.25 Å².